The second-order valence-corrected chi connectivity index (χ2v) is 5.61. The van der Waals surface area contributed by atoms with Crippen LogP contribution in [0.1, 0.15) is 32.8 Å². The van der Waals surface area contributed by atoms with Crippen molar-refractivity contribution in [2.45, 2.75) is 57.9 Å². The lowest BCUT2D eigenvalue weighted by Gasteiger charge is -2.21. The van der Waals surface area contributed by atoms with E-state index in [2.05, 4.69) is 0 Å². The molecule has 4 heteroatoms. The average Bonchev–Trinajstić information content (AvgIpc) is 2.74. The second kappa shape index (κ2) is 6.68. The molecule has 0 aliphatic carbocycles. The highest BCUT2D eigenvalue weighted by Gasteiger charge is 2.44. The normalized spacial score (nSPS) is 26.6. The molecule has 20 heavy (non-hydrogen) atoms. The molecular formula is C16H24O4. The lowest BCUT2D eigenvalue weighted by atomic mass is 10.1. The molecule has 1 saturated heterocycles. The predicted molar refractivity (Wildman–Crippen MR) is 76.2 cm³/mol. The van der Waals surface area contributed by atoms with Gasteiger partial charge >= 0.3 is 0 Å². The van der Waals surface area contributed by atoms with Gasteiger partial charge in [0.2, 0.25) is 0 Å². The van der Waals surface area contributed by atoms with Crippen molar-refractivity contribution in [3.63, 3.8) is 0 Å². The Bertz CT molecular complexity index is 404. The summed E-state index contributed by atoms with van der Waals surface area (Å²) in [6.45, 7) is 6.61. The molecular weight excluding hydrogens is 256 g/mol. The Morgan fingerprint density at radius 1 is 1.25 bits per heavy atom. The topological polar surface area (TPSA) is 47.9 Å². The van der Waals surface area contributed by atoms with Gasteiger partial charge in [0.05, 0.1) is 19.3 Å². The minimum absolute atomic E-state index is 0.233. The van der Waals surface area contributed by atoms with Crippen LogP contribution in [-0.4, -0.2) is 35.8 Å². The number of aliphatic hydroxyl groups excluding tert-OH is 1. The molecule has 4 nitrogen and oxygen atoms in total. The molecule has 1 N–H and O–H groups in total. The fourth-order valence-corrected chi connectivity index (χ4v) is 2.42. The van der Waals surface area contributed by atoms with Gasteiger partial charge in [-0.25, -0.2) is 0 Å². The van der Waals surface area contributed by atoms with Crippen LogP contribution < -0.4 is 0 Å². The van der Waals surface area contributed by atoms with Gasteiger partial charge in [0.1, 0.15) is 12.2 Å². The van der Waals surface area contributed by atoms with Crippen LogP contribution in [0.3, 0.4) is 0 Å². The third-order valence-electron chi connectivity index (χ3n) is 3.41. The average molecular weight is 280 g/mol. The molecule has 1 aliphatic rings. The van der Waals surface area contributed by atoms with E-state index in [4.69, 9.17) is 14.2 Å². The standard InChI is InChI=1S/C16H24O4/c1-4-13(17)15-14(19-16(2,3)20-15)11-18-10-12-8-6-5-7-9-12/h5-9,13-15,17H,4,10-11H2,1-3H3/t13-,14?,15+/m0/s1. The van der Waals surface area contributed by atoms with E-state index in [-0.39, 0.29) is 12.2 Å². The first kappa shape index (κ1) is 15.4. The van der Waals surface area contributed by atoms with Gasteiger partial charge in [0.25, 0.3) is 0 Å². The van der Waals surface area contributed by atoms with Gasteiger partial charge in [-0.05, 0) is 25.8 Å². The van der Waals surface area contributed by atoms with E-state index in [0.29, 0.717) is 19.6 Å². The molecule has 1 fully saturated rings. The van der Waals surface area contributed by atoms with Crippen molar-refractivity contribution >= 4 is 0 Å². The van der Waals surface area contributed by atoms with Crippen LogP contribution in [0.5, 0.6) is 0 Å². The summed E-state index contributed by atoms with van der Waals surface area (Å²) < 4.78 is 17.3. The molecule has 2 rings (SSSR count). The highest BCUT2D eigenvalue weighted by Crippen LogP contribution is 2.31. The Morgan fingerprint density at radius 3 is 2.60 bits per heavy atom. The summed E-state index contributed by atoms with van der Waals surface area (Å²) in [5, 5.41) is 10.0. The number of benzene rings is 1. The Labute approximate surface area is 120 Å². The van der Waals surface area contributed by atoms with E-state index >= 15 is 0 Å². The van der Waals surface area contributed by atoms with Crippen molar-refractivity contribution in [3.8, 4) is 0 Å². The van der Waals surface area contributed by atoms with Crippen molar-refractivity contribution in [1.29, 1.82) is 0 Å². The Balaban J connectivity index is 1.87. The van der Waals surface area contributed by atoms with Crippen LogP contribution in [0, 0.1) is 0 Å². The molecule has 0 bridgehead atoms. The van der Waals surface area contributed by atoms with Crippen LogP contribution in [0.25, 0.3) is 0 Å². The van der Waals surface area contributed by atoms with Gasteiger partial charge < -0.3 is 19.3 Å². The number of ether oxygens (including phenoxy) is 3. The SMILES string of the molecule is CC[C@H](O)[C@H]1OC(C)(C)OC1COCc1ccccc1. The van der Waals surface area contributed by atoms with E-state index in [1.165, 1.54) is 0 Å². The molecule has 1 unspecified atom stereocenters. The first-order chi connectivity index (χ1) is 9.52. The van der Waals surface area contributed by atoms with E-state index in [1.54, 1.807) is 0 Å². The highest BCUT2D eigenvalue weighted by molar-refractivity contribution is 5.13. The number of rotatable bonds is 6. The second-order valence-electron chi connectivity index (χ2n) is 5.61. The summed E-state index contributed by atoms with van der Waals surface area (Å²) >= 11 is 0. The Morgan fingerprint density at radius 2 is 1.95 bits per heavy atom. The molecule has 1 aromatic carbocycles. The van der Waals surface area contributed by atoms with Crippen molar-refractivity contribution < 1.29 is 19.3 Å². The molecule has 0 aromatic heterocycles. The van der Waals surface area contributed by atoms with Crippen molar-refractivity contribution in [2.24, 2.45) is 0 Å². The summed E-state index contributed by atoms with van der Waals surface area (Å²) in [7, 11) is 0. The Hall–Kier alpha value is -0.940. The first-order valence-corrected chi connectivity index (χ1v) is 7.17. The minimum atomic E-state index is -0.665. The molecule has 1 heterocycles. The summed E-state index contributed by atoms with van der Waals surface area (Å²) in [4.78, 5) is 0. The van der Waals surface area contributed by atoms with E-state index in [0.717, 1.165) is 5.56 Å². The van der Waals surface area contributed by atoms with E-state index in [1.807, 2.05) is 51.1 Å². The quantitative estimate of drug-likeness (QED) is 0.869. The first-order valence-electron chi connectivity index (χ1n) is 7.17. The molecule has 0 amide bonds. The van der Waals surface area contributed by atoms with Crippen LogP contribution in [0.2, 0.25) is 0 Å². The molecule has 3 atom stereocenters. The molecule has 0 spiro atoms. The number of aliphatic hydroxyl groups is 1. The summed E-state index contributed by atoms with van der Waals surface area (Å²) in [5.41, 5.74) is 1.12. The maximum atomic E-state index is 10.0. The third-order valence-corrected chi connectivity index (χ3v) is 3.41. The highest BCUT2D eigenvalue weighted by atomic mass is 16.8. The summed E-state index contributed by atoms with van der Waals surface area (Å²) in [6, 6.07) is 10.00. The van der Waals surface area contributed by atoms with Crippen molar-refractivity contribution in [1.82, 2.24) is 0 Å². The van der Waals surface area contributed by atoms with Gasteiger partial charge in [-0.3, -0.25) is 0 Å². The largest absolute Gasteiger partial charge is 0.390 e. The smallest absolute Gasteiger partial charge is 0.164 e. The zero-order chi connectivity index (χ0) is 14.6. The molecule has 0 radical (unpaired) electrons. The summed E-state index contributed by atoms with van der Waals surface area (Å²) in [6.07, 6.45) is -0.448. The Kier molecular flexibility index (Phi) is 5.16. The fourth-order valence-electron chi connectivity index (χ4n) is 2.42. The molecule has 112 valence electrons. The van der Waals surface area contributed by atoms with Crippen LogP contribution in [0.4, 0.5) is 0 Å². The zero-order valence-electron chi connectivity index (χ0n) is 12.4. The lowest BCUT2D eigenvalue weighted by molar-refractivity contribution is -0.158. The minimum Gasteiger partial charge on any atom is -0.390 e. The zero-order valence-corrected chi connectivity index (χ0v) is 12.4. The van der Waals surface area contributed by atoms with Gasteiger partial charge in [0, 0.05) is 0 Å². The van der Waals surface area contributed by atoms with Gasteiger partial charge in [0.15, 0.2) is 5.79 Å². The summed E-state index contributed by atoms with van der Waals surface area (Å²) in [5.74, 6) is -0.665. The monoisotopic (exact) mass is 280 g/mol. The fraction of sp³-hybridized carbons (Fsp3) is 0.625. The van der Waals surface area contributed by atoms with Crippen LogP contribution >= 0.6 is 0 Å². The van der Waals surface area contributed by atoms with E-state index < -0.39 is 11.9 Å². The van der Waals surface area contributed by atoms with Crippen molar-refractivity contribution in [2.75, 3.05) is 6.61 Å². The van der Waals surface area contributed by atoms with Gasteiger partial charge in [-0.15, -0.1) is 0 Å². The van der Waals surface area contributed by atoms with E-state index in [9.17, 15) is 5.11 Å². The lowest BCUT2D eigenvalue weighted by Crippen LogP contribution is -2.37. The van der Waals surface area contributed by atoms with Gasteiger partial charge in [-0.1, -0.05) is 37.3 Å². The third kappa shape index (κ3) is 4.03. The number of hydrogen-bond donors (Lipinski definition) is 1. The van der Waals surface area contributed by atoms with Gasteiger partial charge in [-0.2, -0.15) is 0 Å². The van der Waals surface area contributed by atoms with Crippen LogP contribution in [-0.2, 0) is 20.8 Å². The predicted octanol–water partition coefficient (Wildman–Crippen LogP) is 2.49. The molecule has 1 aromatic rings. The van der Waals surface area contributed by atoms with Crippen LogP contribution in [0.15, 0.2) is 30.3 Å². The molecule has 1 aliphatic heterocycles. The maximum absolute atomic E-state index is 10.0. The molecule has 0 saturated carbocycles. The number of hydrogen-bond acceptors (Lipinski definition) is 4. The maximum Gasteiger partial charge on any atom is 0.164 e. The van der Waals surface area contributed by atoms with Crippen molar-refractivity contribution in [3.05, 3.63) is 35.9 Å².